The predicted molar refractivity (Wildman–Crippen MR) is 92.3 cm³/mol. The maximum Gasteiger partial charge on any atom is 0.271 e. The van der Waals surface area contributed by atoms with Crippen LogP contribution in [0.2, 0.25) is 0 Å². The standard InChI is InChI=1S/C14H15BrN2O3S2/c15-11-3-4-13(17-5-7-20-8-6-17)12(10-11)16-22(18,19)14-2-1-9-21-14/h1-4,9-10,16H,5-8H2. The minimum Gasteiger partial charge on any atom is -0.378 e. The van der Waals surface area contributed by atoms with Gasteiger partial charge in [-0.2, -0.15) is 0 Å². The first kappa shape index (κ1) is 15.8. The minimum absolute atomic E-state index is 0.306. The molecule has 118 valence electrons. The van der Waals surface area contributed by atoms with Gasteiger partial charge in [0.15, 0.2) is 0 Å². The van der Waals surface area contributed by atoms with E-state index < -0.39 is 10.0 Å². The third-order valence-electron chi connectivity index (χ3n) is 3.31. The normalized spacial score (nSPS) is 15.8. The molecule has 1 fully saturated rings. The van der Waals surface area contributed by atoms with Crippen molar-refractivity contribution in [1.82, 2.24) is 0 Å². The lowest BCUT2D eigenvalue weighted by atomic mass is 10.2. The van der Waals surface area contributed by atoms with E-state index in [1.807, 2.05) is 12.1 Å². The highest BCUT2D eigenvalue weighted by molar-refractivity contribution is 9.10. The summed E-state index contributed by atoms with van der Waals surface area (Å²) in [6, 6.07) is 8.94. The zero-order chi connectivity index (χ0) is 15.6. The van der Waals surface area contributed by atoms with E-state index in [4.69, 9.17) is 4.74 Å². The smallest absolute Gasteiger partial charge is 0.271 e. The maximum atomic E-state index is 12.4. The molecule has 1 aromatic heterocycles. The molecule has 0 aliphatic carbocycles. The first-order valence-electron chi connectivity index (χ1n) is 6.75. The van der Waals surface area contributed by atoms with Crippen LogP contribution >= 0.6 is 27.3 Å². The number of nitrogens with zero attached hydrogens (tertiary/aromatic N) is 1. The fourth-order valence-electron chi connectivity index (χ4n) is 2.28. The first-order valence-corrected chi connectivity index (χ1v) is 9.90. The van der Waals surface area contributed by atoms with Gasteiger partial charge in [0.05, 0.1) is 24.6 Å². The number of anilines is 2. The van der Waals surface area contributed by atoms with Crippen molar-refractivity contribution in [2.75, 3.05) is 35.9 Å². The van der Waals surface area contributed by atoms with E-state index in [-0.39, 0.29) is 0 Å². The van der Waals surface area contributed by atoms with Crippen molar-refractivity contribution in [2.45, 2.75) is 4.21 Å². The molecule has 22 heavy (non-hydrogen) atoms. The van der Waals surface area contributed by atoms with Gasteiger partial charge in [0.1, 0.15) is 4.21 Å². The van der Waals surface area contributed by atoms with E-state index >= 15 is 0 Å². The molecule has 1 aliphatic heterocycles. The lowest BCUT2D eigenvalue weighted by Gasteiger charge is -2.30. The van der Waals surface area contributed by atoms with E-state index in [9.17, 15) is 8.42 Å². The van der Waals surface area contributed by atoms with Crippen LogP contribution in [0.15, 0.2) is 44.4 Å². The van der Waals surface area contributed by atoms with E-state index in [0.29, 0.717) is 23.1 Å². The quantitative estimate of drug-likeness (QED) is 0.852. The van der Waals surface area contributed by atoms with Gasteiger partial charge in [0, 0.05) is 17.6 Å². The molecule has 1 N–H and O–H groups in total. The summed E-state index contributed by atoms with van der Waals surface area (Å²) >= 11 is 4.60. The third-order valence-corrected chi connectivity index (χ3v) is 6.57. The number of benzene rings is 1. The fourth-order valence-corrected chi connectivity index (χ4v) is 4.70. The molecule has 0 amide bonds. The van der Waals surface area contributed by atoms with Crippen molar-refractivity contribution in [2.24, 2.45) is 0 Å². The van der Waals surface area contributed by atoms with Gasteiger partial charge >= 0.3 is 0 Å². The Labute approximate surface area is 142 Å². The molecule has 0 atom stereocenters. The monoisotopic (exact) mass is 402 g/mol. The summed E-state index contributed by atoms with van der Waals surface area (Å²) in [5.41, 5.74) is 1.44. The van der Waals surface area contributed by atoms with Crippen molar-refractivity contribution < 1.29 is 13.2 Å². The molecule has 0 unspecified atom stereocenters. The van der Waals surface area contributed by atoms with Crippen LogP contribution < -0.4 is 9.62 Å². The van der Waals surface area contributed by atoms with E-state index in [2.05, 4.69) is 25.6 Å². The Morgan fingerprint density at radius 2 is 2.00 bits per heavy atom. The average Bonchev–Trinajstić information content (AvgIpc) is 3.03. The van der Waals surface area contributed by atoms with Crippen molar-refractivity contribution in [3.05, 3.63) is 40.2 Å². The highest BCUT2D eigenvalue weighted by Crippen LogP contribution is 2.32. The van der Waals surface area contributed by atoms with Crippen LogP contribution in [0.4, 0.5) is 11.4 Å². The summed E-state index contributed by atoms with van der Waals surface area (Å²) in [7, 11) is -3.56. The predicted octanol–water partition coefficient (Wildman–Crippen LogP) is 3.15. The average molecular weight is 403 g/mol. The zero-order valence-electron chi connectivity index (χ0n) is 11.7. The summed E-state index contributed by atoms with van der Waals surface area (Å²) in [5, 5.41) is 1.75. The number of nitrogens with one attached hydrogen (secondary N) is 1. The van der Waals surface area contributed by atoms with Gasteiger partial charge in [0.2, 0.25) is 0 Å². The topological polar surface area (TPSA) is 58.6 Å². The Kier molecular flexibility index (Phi) is 4.72. The Bertz CT molecular complexity index is 741. The molecule has 5 nitrogen and oxygen atoms in total. The number of ether oxygens (including phenoxy) is 1. The summed E-state index contributed by atoms with van der Waals surface area (Å²) in [5.74, 6) is 0. The van der Waals surface area contributed by atoms with Gasteiger partial charge in [-0.1, -0.05) is 22.0 Å². The van der Waals surface area contributed by atoms with Gasteiger partial charge in [-0.3, -0.25) is 4.72 Å². The van der Waals surface area contributed by atoms with Gasteiger partial charge in [-0.05, 0) is 29.6 Å². The lowest BCUT2D eigenvalue weighted by Crippen LogP contribution is -2.36. The summed E-state index contributed by atoms with van der Waals surface area (Å²) in [6.45, 7) is 2.78. The van der Waals surface area contributed by atoms with Crippen molar-refractivity contribution in [1.29, 1.82) is 0 Å². The molecule has 1 aliphatic rings. The van der Waals surface area contributed by atoms with E-state index in [0.717, 1.165) is 23.2 Å². The number of hydrogen-bond donors (Lipinski definition) is 1. The highest BCUT2D eigenvalue weighted by atomic mass is 79.9. The molecule has 0 radical (unpaired) electrons. The van der Waals surface area contributed by atoms with Gasteiger partial charge in [-0.25, -0.2) is 8.42 Å². The van der Waals surface area contributed by atoms with Crippen LogP contribution in [0.3, 0.4) is 0 Å². The molecule has 3 rings (SSSR count). The molecule has 2 aromatic rings. The molecule has 1 aromatic carbocycles. The van der Waals surface area contributed by atoms with Gasteiger partial charge < -0.3 is 9.64 Å². The molecule has 0 bridgehead atoms. The SMILES string of the molecule is O=S(=O)(Nc1cc(Br)ccc1N1CCOCC1)c1cccs1. The lowest BCUT2D eigenvalue weighted by molar-refractivity contribution is 0.123. The molecular formula is C14H15BrN2O3S2. The summed E-state index contributed by atoms with van der Waals surface area (Å²) in [4.78, 5) is 2.13. The maximum absolute atomic E-state index is 12.4. The van der Waals surface area contributed by atoms with Crippen molar-refractivity contribution in [3.8, 4) is 0 Å². The third kappa shape index (κ3) is 3.45. The molecule has 0 saturated carbocycles. The number of sulfonamides is 1. The Hall–Kier alpha value is -1.09. The molecular weight excluding hydrogens is 388 g/mol. The van der Waals surface area contributed by atoms with Gasteiger partial charge in [-0.15, -0.1) is 11.3 Å². The first-order chi connectivity index (χ1) is 10.6. The van der Waals surface area contributed by atoms with Crippen molar-refractivity contribution in [3.63, 3.8) is 0 Å². The van der Waals surface area contributed by atoms with Gasteiger partial charge in [0.25, 0.3) is 10.0 Å². The van der Waals surface area contributed by atoms with Crippen LogP contribution in [-0.2, 0) is 14.8 Å². The second-order valence-electron chi connectivity index (χ2n) is 4.80. The number of morpholine rings is 1. The van der Waals surface area contributed by atoms with Crippen LogP contribution in [0.1, 0.15) is 0 Å². The largest absolute Gasteiger partial charge is 0.378 e. The minimum atomic E-state index is -3.56. The van der Waals surface area contributed by atoms with Crippen LogP contribution in [0.25, 0.3) is 0 Å². The second-order valence-corrected chi connectivity index (χ2v) is 8.57. The zero-order valence-corrected chi connectivity index (χ0v) is 14.9. The Morgan fingerprint density at radius 3 is 2.68 bits per heavy atom. The number of rotatable bonds is 4. The Balaban J connectivity index is 1.94. The number of halogens is 1. The van der Waals surface area contributed by atoms with Crippen LogP contribution in [-0.4, -0.2) is 34.7 Å². The molecule has 2 heterocycles. The van der Waals surface area contributed by atoms with Crippen LogP contribution in [0, 0.1) is 0 Å². The van der Waals surface area contributed by atoms with Crippen molar-refractivity contribution >= 4 is 48.7 Å². The molecule has 0 spiro atoms. The fraction of sp³-hybridized carbons (Fsp3) is 0.286. The number of hydrogen-bond acceptors (Lipinski definition) is 5. The van der Waals surface area contributed by atoms with E-state index in [1.165, 1.54) is 11.3 Å². The molecule has 8 heteroatoms. The number of thiophene rings is 1. The highest BCUT2D eigenvalue weighted by Gasteiger charge is 2.20. The van der Waals surface area contributed by atoms with E-state index in [1.54, 1.807) is 23.6 Å². The molecule has 1 saturated heterocycles. The summed E-state index contributed by atoms with van der Waals surface area (Å²) < 4.78 is 34.1. The Morgan fingerprint density at radius 1 is 1.23 bits per heavy atom. The summed E-state index contributed by atoms with van der Waals surface area (Å²) in [6.07, 6.45) is 0. The second kappa shape index (κ2) is 6.57. The van der Waals surface area contributed by atoms with Crippen LogP contribution in [0.5, 0.6) is 0 Å².